The van der Waals surface area contributed by atoms with Crippen molar-refractivity contribution in [2.45, 2.75) is 12.8 Å². The molecule has 0 aromatic heterocycles. The second kappa shape index (κ2) is 2.44. The minimum Gasteiger partial charge on any atom is -0.613 e. The van der Waals surface area contributed by atoms with Crippen molar-refractivity contribution in [3.05, 3.63) is 5.21 Å². The van der Waals surface area contributed by atoms with E-state index in [2.05, 4.69) is 0 Å². The van der Waals surface area contributed by atoms with Crippen molar-refractivity contribution in [1.29, 1.82) is 0 Å². The summed E-state index contributed by atoms with van der Waals surface area (Å²) in [6, 6.07) is 0. The molecule has 1 N–H and O–H groups in total. The number of nitrogens with zero attached hydrogens (tertiary/aromatic N) is 1. The summed E-state index contributed by atoms with van der Waals surface area (Å²) in [5.74, 6) is 0. The number of quaternary nitrogens is 1. The Balaban J connectivity index is 2.28. The van der Waals surface area contributed by atoms with Gasteiger partial charge in [-0.2, -0.15) is 5.01 Å². The van der Waals surface area contributed by atoms with E-state index in [0.29, 0.717) is 5.17 Å². The average Bonchev–Trinajstić information content (AvgIpc) is 1.77. The van der Waals surface area contributed by atoms with E-state index < -0.39 is 0 Å². The largest absolute Gasteiger partial charge is 0.613 e. The Morgan fingerprint density at radius 3 is 2.62 bits per heavy atom. The number of nitrogens with one attached hydrogen (secondary N) is 1. The molecule has 3 heteroatoms. The molecule has 0 spiro atoms. The number of hydrogen-bond acceptors (Lipinski definition) is 2. The zero-order valence-corrected chi connectivity index (χ0v) is 5.18. The lowest BCUT2D eigenvalue weighted by molar-refractivity contribution is -0.974. The molecule has 1 saturated heterocycles. The van der Waals surface area contributed by atoms with Crippen LogP contribution in [-0.2, 0) is 0 Å². The van der Waals surface area contributed by atoms with Gasteiger partial charge in [-0.25, -0.2) is 0 Å². The van der Waals surface area contributed by atoms with Crippen LogP contribution in [0.25, 0.3) is 0 Å². The van der Waals surface area contributed by atoms with Crippen LogP contribution < -0.4 is 5.17 Å². The Kier molecular flexibility index (Phi) is 1.83. The van der Waals surface area contributed by atoms with Crippen LogP contribution in [0.5, 0.6) is 0 Å². The van der Waals surface area contributed by atoms with Gasteiger partial charge in [0.05, 0.1) is 6.54 Å². The maximum Gasteiger partial charge on any atom is 0.0946 e. The molecule has 0 radical (unpaired) electrons. The molecule has 0 saturated carbocycles. The lowest BCUT2D eigenvalue weighted by Gasteiger charge is -2.34. The molecule has 1 rings (SSSR count). The van der Waals surface area contributed by atoms with Crippen LogP contribution in [0.1, 0.15) is 12.8 Å². The zero-order chi connectivity index (χ0) is 5.98. The topological polar surface area (TPSA) is 30.7 Å². The molecule has 48 valence electrons. The van der Waals surface area contributed by atoms with Crippen molar-refractivity contribution >= 4 is 0 Å². The van der Waals surface area contributed by atoms with E-state index >= 15 is 0 Å². The molecule has 1 aliphatic heterocycles. The summed E-state index contributed by atoms with van der Waals surface area (Å²) in [5.41, 5.74) is 0. The molecule has 0 aliphatic carbocycles. The summed E-state index contributed by atoms with van der Waals surface area (Å²) in [4.78, 5) is 0. The first-order valence-corrected chi connectivity index (χ1v) is 3.04. The molecule has 8 heavy (non-hydrogen) atoms. The third kappa shape index (κ3) is 1.18. The van der Waals surface area contributed by atoms with Crippen LogP contribution in [0.2, 0.25) is 0 Å². The molecular formula is C5H12N2O. The second-order valence-corrected chi connectivity index (χ2v) is 2.27. The van der Waals surface area contributed by atoms with Gasteiger partial charge in [-0.05, 0) is 12.8 Å². The van der Waals surface area contributed by atoms with Gasteiger partial charge in [0.1, 0.15) is 0 Å². The fraction of sp³-hybridized carbons (Fsp3) is 1.00. The fourth-order valence-corrected chi connectivity index (χ4v) is 0.941. The number of hydroxylamine groups is 1. The number of hydrogen-bond donors (Lipinski definition) is 1. The molecule has 0 aromatic rings. The quantitative estimate of drug-likeness (QED) is 0.412. The first-order valence-electron chi connectivity index (χ1n) is 3.04. The van der Waals surface area contributed by atoms with E-state index in [-0.39, 0.29) is 0 Å². The Morgan fingerprint density at radius 1 is 1.50 bits per heavy atom. The highest BCUT2D eigenvalue weighted by atomic mass is 16.5. The molecule has 0 bridgehead atoms. The van der Waals surface area contributed by atoms with Gasteiger partial charge in [0.25, 0.3) is 0 Å². The van der Waals surface area contributed by atoms with E-state index in [0.717, 1.165) is 19.5 Å². The minimum absolute atomic E-state index is 0.302. The predicted octanol–water partition coefficient (Wildman–Crippen LogP) is -0.990. The van der Waals surface area contributed by atoms with E-state index in [1.807, 2.05) is 7.05 Å². The van der Waals surface area contributed by atoms with Crippen LogP contribution in [-0.4, -0.2) is 25.1 Å². The molecular weight excluding hydrogens is 104 g/mol. The highest BCUT2D eigenvalue weighted by Gasteiger charge is 2.10. The van der Waals surface area contributed by atoms with Gasteiger partial charge >= 0.3 is 0 Å². The first-order chi connectivity index (χ1) is 3.80. The van der Waals surface area contributed by atoms with Gasteiger partial charge < -0.3 is 5.21 Å². The molecule has 1 unspecified atom stereocenters. The summed E-state index contributed by atoms with van der Waals surface area (Å²) in [6.07, 6.45) is 2.27. The third-order valence-corrected chi connectivity index (χ3v) is 1.56. The summed E-state index contributed by atoms with van der Waals surface area (Å²) < 4.78 is 0. The van der Waals surface area contributed by atoms with Gasteiger partial charge in [-0.1, -0.05) is 0 Å². The van der Waals surface area contributed by atoms with Crippen molar-refractivity contribution in [1.82, 2.24) is 5.01 Å². The molecule has 3 nitrogen and oxygen atoms in total. The van der Waals surface area contributed by atoms with Crippen LogP contribution >= 0.6 is 0 Å². The van der Waals surface area contributed by atoms with E-state index in [1.165, 1.54) is 6.42 Å². The minimum atomic E-state index is 0.302. The van der Waals surface area contributed by atoms with Gasteiger partial charge in [0.15, 0.2) is 0 Å². The third-order valence-electron chi connectivity index (χ3n) is 1.56. The maximum atomic E-state index is 10.7. The fourth-order valence-electron chi connectivity index (χ4n) is 0.941. The van der Waals surface area contributed by atoms with Crippen molar-refractivity contribution < 1.29 is 5.17 Å². The number of rotatable bonds is 0. The summed E-state index contributed by atoms with van der Waals surface area (Å²) in [6.45, 7) is 1.72. The van der Waals surface area contributed by atoms with Crippen molar-refractivity contribution in [3.8, 4) is 0 Å². The smallest absolute Gasteiger partial charge is 0.0946 e. The van der Waals surface area contributed by atoms with Crippen LogP contribution in [0.15, 0.2) is 0 Å². The van der Waals surface area contributed by atoms with Crippen molar-refractivity contribution in [2.75, 3.05) is 20.1 Å². The standard InChI is InChI=1S/C5H12N2O/c1-6-4-2-3-5-7(6)8/h7H,2-5H2,1H3. The van der Waals surface area contributed by atoms with Crippen molar-refractivity contribution in [3.63, 3.8) is 0 Å². The Labute approximate surface area is 49.4 Å². The van der Waals surface area contributed by atoms with Gasteiger partial charge in [0.2, 0.25) is 0 Å². The molecule has 1 heterocycles. The predicted molar refractivity (Wildman–Crippen MR) is 31.1 cm³/mol. The maximum absolute atomic E-state index is 10.7. The van der Waals surface area contributed by atoms with Crippen molar-refractivity contribution in [2.24, 2.45) is 0 Å². The Hall–Kier alpha value is -0.120. The summed E-state index contributed by atoms with van der Waals surface area (Å²) in [7, 11) is 1.86. The first kappa shape index (κ1) is 6.01. The lowest BCUT2D eigenvalue weighted by Crippen LogP contribution is -3.14. The van der Waals surface area contributed by atoms with E-state index in [4.69, 9.17) is 0 Å². The van der Waals surface area contributed by atoms with Crippen LogP contribution in [0, 0.1) is 5.21 Å². The lowest BCUT2D eigenvalue weighted by atomic mass is 10.3. The SMILES string of the molecule is CN1CCCC[NH+]1[O-]. The van der Waals surface area contributed by atoms with Gasteiger partial charge in [-0.3, -0.25) is 5.17 Å². The molecule has 1 fully saturated rings. The monoisotopic (exact) mass is 116 g/mol. The normalized spacial score (nSPS) is 33.0. The summed E-state index contributed by atoms with van der Waals surface area (Å²) in [5, 5.41) is 12.8. The Morgan fingerprint density at radius 2 is 2.25 bits per heavy atom. The molecule has 1 atom stereocenters. The Bertz CT molecular complexity index is 66.8. The zero-order valence-electron chi connectivity index (χ0n) is 5.18. The summed E-state index contributed by atoms with van der Waals surface area (Å²) >= 11 is 0. The molecule has 1 aliphatic rings. The average molecular weight is 116 g/mol. The molecule has 0 aromatic carbocycles. The highest BCUT2D eigenvalue weighted by molar-refractivity contribution is 4.45. The van der Waals surface area contributed by atoms with Gasteiger partial charge in [-0.15, -0.1) is 0 Å². The van der Waals surface area contributed by atoms with Gasteiger partial charge in [0, 0.05) is 13.6 Å². The van der Waals surface area contributed by atoms with E-state index in [9.17, 15) is 5.21 Å². The molecule has 0 amide bonds. The van der Waals surface area contributed by atoms with Crippen LogP contribution in [0.4, 0.5) is 0 Å². The highest BCUT2D eigenvalue weighted by Crippen LogP contribution is 1.90. The van der Waals surface area contributed by atoms with Crippen LogP contribution in [0.3, 0.4) is 0 Å². The second-order valence-electron chi connectivity index (χ2n) is 2.27. The van der Waals surface area contributed by atoms with E-state index in [1.54, 1.807) is 5.01 Å².